The number of nitrogens with one attached hydrogen (secondary N) is 2. The van der Waals surface area contributed by atoms with Crippen molar-refractivity contribution in [2.45, 2.75) is 0 Å². The molecule has 4 N–H and O–H groups in total. The average molecular weight is 237 g/mol. The minimum absolute atomic E-state index is 0.109. The number of carbonyl (C=O) groups excluding carboxylic acids is 2. The zero-order chi connectivity index (χ0) is 12.7. The van der Waals surface area contributed by atoms with Crippen LogP contribution in [0.15, 0.2) is 24.3 Å². The highest BCUT2D eigenvalue weighted by molar-refractivity contribution is 5.99. The van der Waals surface area contributed by atoms with E-state index in [4.69, 9.17) is 10.5 Å². The largest absolute Gasteiger partial charge is 0.448 e. The molecule has 0 unspecified atom stereocenters. The molecule has 1 aromatic rings. The van der Waals surface area contributed by atoms with Gasteiger partial charge in [-0.2, -0.15) is 0 Å². The first-order valence-electron chi connectivity index (χ1n) is 5.12. The summed E-state index contributed by atoms with van der Waals surface area (Å²) in [6.45, 7) is 0.346. The van der Waals surface area contributed by atoms with Crippen molar-refractivity contribution in [3.05, 3.63) is 29.8 Å². The average Bonchev–Trinajstić information content (AvgIpc) is 2.34. The predicted octanol–water partition coefficient (Wildman–Crippen LogP) is 0.355. The minimum Gasteiger partial charge on any atom is -0.448 e. The molecule has 0 aliphatic heterocycles. The van der Waals surface area contributed by atoms with Crippen molar-refractivity contribution >= 4 is 17.7 Å². The quantitative estimate of drug-likeness (QED) is 0.520. The van der Waals surface area contributed by atoms with Gasteiger partial charge in [0.05, 0.1) is 12.1 Å². The first-order valence-corrected chi connectivity index (χ1v) is 5.12. The molecule has 2 amide bonds. The Balaban J connectivity index is 2.36. The number of hydrogen-bond donors (Lipinski definition) is 3. The molecule has 0 spiro atoms. The second kappa shape index (κ2) is 6.37. The van der Waals surface area contributed by atoms with Crippen LogP contribution in [0.5, 0.6) is 0 Å². The summed E-state index contributed by atoms with van der Waals surface area (Å²) in [5, 5.41) is 4.90. The molecule has 0 radical (unpaired) electrons. The Bertz CT molecular complexity index is 407. The third-order valence-corrected chi connectivity index (χ3v) is 2.03. The van der Waals surface area contributed by atoms with E-state index in [0.717, 1.165) is 0 Å². The van der Waals surface area contributed by atoms with Gasteiger partial charge in [0.1, 0.15) is 6.61 Å². The second-order valence-electron chi connectivity index (χ2n) is 3.23. The number of anilines is 1. The third kappa shape index (κ3) is 4.02. The highest BCUT2D eigenvalue weighted by Gasteiger charge is 2.07. The lowest BCUT2D eigenvalue weighted by Crippen LogP contribution is -2.30. The standard InChI is InChI=1S/C11H15N3O3/c1-13-11(16)17-7-6-14-10(15)8-4-2-3-5-9(8)12/h2-5H,6-7,12H2,1H3,(H,13,16)(H,14,15). The van der Waals surface area contributed by atoms with E-state index in [-0.39, 0.29) is 19.1 Å². The number of para-hydroxylation sites is 1. The van der Waals surface area contributed by atoms with Crippen LogP contribution in [0.1, 0.15) is 10.4 Å². The molecule has 0 bridgehead atoms. The summed E-state index contributed by atoms with van der Waals surface area (Å²) in [7, 11) is 1.46. The van der Waals surface area contributed by atoms with E-state index in [0.29, 0.717) is 11.3 Å². The number of alkyl carbamates (subject to hydrolysis) is 1. The van der Waals surface area contributed by atoms with Gasteiger partial charge in [0.2, 0.25) is 0 Å². The lowest BCUT2D eigenvalue weighted by atomic mass is 10.2. The van der Waals surface area contributed by atoms with Gasteiger partial charge >= 0.3 is 6.09 Å². The van der Waals surface area contributed by atoms with Crippen LogP contribution >= 0.6 is 0 Å². The van der Waals surface area contributed by atoms with Crippen LogP contribution in [0.4, 0.5) is 10.5 Å². The van der Waals surface area contributed by atoms with Gasteiger partial charge in [-0.05, 0) is 12.1 Å². The zero-order valence-electron chi connectivity index (χ0n) is 9.53. The number of hydrogen-bond acceptors (Lipinski definition) is 4. The number of amides is 2. The molecular formula is C11H15N3O3. The molecular weight excluding hydrogens is 222 g/mol. The molecule has 0 saturated heterocycles. The summed E-state index contributed by atoms with van der Waals surface area (Å²) in [6, 6.07) is 6.76. The van der Waals surface area contributed by atoms with Gasteiger partial charge in [-0.1, -0.05) is 12.1 Å². The van der Waals surface area contributed by atoms with E-state index in [2.05, 4.69) is 10.6 Å². The van der Waals surface area contributed by atoms with Crippen LogP contribution in [0.3, 0.4) is 0 Å². The fourth-order valence-electron chi connectivity index (χ4n) is 1.18. The van der Waals surface area contributed by atoms with Crippen LogP contribution in [-0.4, -0.2) is 32.2 Å². The van der Waals surface area contributed by atoms with E-state index in [1.807, 2.05) is 0 Å². The van der Waals surface area contributed by atoms with Crippen molar-refractivity contribution in [3.8, 4) is 0 Å². The summed E-state index contributed by atoms with van der Waals surface area (Å²) < 4.78 is 4.71. The van der Waals surface area contributed by atoms with E-state index in [1.165, 1.54) is 7.05 Å². The third-order valence-electron chi connectivity index (χ3n) is 2.03. The van der Waals surface area contributed by atoms with Crippen LogP contribution in [0, 0.1) is 0 Å². The van der Waals surface area contributed by atoms with Crippen LogP contribution in [-0.2, 0) is 4.74 Å². The summed E-state index contributed by atoms with van der Waals surface area (Å²) in [6.07, 6.45) is -0.529. The van der Waals surface area contributed by atoms with Crippen LogP contribution < -0.4 is 16.4 Å². The molecule has 0 saturated carbocycles. The van der Waals surface area contributed by atoms with Crippen molar-refractivity contribution in [1.82, 2.24) is 10.6 Å². The monoisotopic (exact) mass is 237 g/mol. The maximum absolute atomic E-state index is 11.6. The molecule has 17 heavy (non-hydrogen) atoms. The Morgan fingerprint density at radius 2 is 2.06 bits per heavy atom. The minimum atomic E-state index is -0.529. The second-order valence-corrected chi connectivity index (χ2v) is 3.23. The summed E-state index contributed by atoms with van der Waals surface area (Å²) >= 11 is 0. The summed E-state index contributed by atoms with van der Waals surface area (Å²) in [4.78, 5) is 22.3. The molecule has 0 fully saturated rings. The normalized spacial score (nSPS) is 9.47. The zero-order valence-corrected chi connectivity index (χ0v) is 9.53. The van der Waals surface area contributed by atoms with Crippen LogP contribution in [0.2, 0.25) is 0 Å². The van der Waals surface area contributed by atoms with E-state index >= 15 is 0 Å². The number of ether oxygens (including phenoxy) is 1. The van der Waals surface area contributed by atoms with Gasteiger partial charge < -0.3 is 21.1 Å². The molecule has 92 valence electrons. The van der Waals surface area contributed by atoms with Gasteiger partial charge in [-0.3, -0.25) is 4.79 Å². The number of nitrogens with two attached hydrogens (primary N) is 1. The smallest absolute Gasteiger partial charge is 0.406 e. The lowest BCUT2D eigenvalue weighted by Gasteiger charge is -2.07. The number of carbonyl (C=O) groups is 2. The fourth-order valence-corrected chi connectivity index (χ4v) is 1.18. The van der Waals surface area contributed by atoms with Crippen molar-refractivity contribution in [1.29, 1.82) is 0 Å². The maximum Gasteiger partial charge on any atom is 0.406 e. The Labute approximate surface area is 99.1 Å². The Kier molecular flexibility index (Phi) is 4.80. The van der Waals surface area contributed by atoms with Crippen molar-refractivity contribution in [2.75, 3.05) is 25.9 Å². The Morgan fingerprint density at radius 3 is 2.71 bits per heavy atom. The molecule has 6 heteroatoms. The van der Waals surface area contributed by atoms with Crippen molar-refractivity contribution in [3.63, 3.8) is 0 Å². The van der Waals surface area contributed by atoms with E-state index < -0.39 is 6.09 Å². The molecule has 0 atom stereocenters. The number of nitrogen functional groups attached to an aromatic ring is 1. The SMILES string of the molecule is CNC(=O)OCCNC(=O)c1ccccc1N. The Morgan fingerprint density at radius 1 is 1.35 bits per heavy atom. The molecule has 0 aliphatic carbocycles. The highest BCUT2D eigenvalue weighted by atomic mass is 16.5. The van der Waals surface area contributed by atoms with Crippen LogP contribution in [0.25, 0.3) is 0 Å². The molecule has 1 aromatic carbocycles. The molecule has 0 heterocycles. The molecule has 0 aliphatic rings. The molecule has 6 nitrogen and oxygen atoms in total. The summed E-state index contributed by atoms with van der Waals surface area (Å²) in [5.74, 6) is -0.288. The van der Waals surface area contributed by atoms with Gasteiger partial charge in [0.15, 0.2) is 0 Å². The van der Waals surface area contributed by atoms with Gasteiger partial charge in [-0.15, -0.1) is 0 Å². The molecule has 0 aromatic heterocycles. The van der Waals surface area contributed by atoms with Gasteiger partial charge in [0, 0.05) is 12.7 Å². The Hall–Kier alpha value is -2.24. The maximum atomic E-state index is 11.6. The number of rotatable bonds is 4. The fraction of sp³-hybridized carbons (Fsp3) is 0.273. The highest BCUT2D eigenvalue weighted by Crippen LogP contribution is 2.09. The molecule has 1 rings (SSSR count). The predicted molar refractivity (Wildman–Crippen MR) is 63.6 cm³/mol. The van der Waals surface area contributed by atoms with Crippen molar-refractivity contribution in [2.24, 2.45) is 0 Å². The number of benzene rings is 1. The van der Waals surface area contributed by atoms with Crippen molar-refractivity contribution < 1.29 is 14.3 Å². The first kappa shape index (κ1) is 12.8. The first-order chi connectivity index (χ1) is 8.15. The van der Waals surface area contributed by atoms with E-state index in [1.54, 1.807) is 24.3 Å². The lowest BCUT2D eigenvalue weighted by molar-refractivity contribution is 0.0935. The van der Waals surface area contributed by atoms with E-state index in [9.17, 15) is 9.59 Å². The van der Waals surface area contributed by atoms with Gasteiger partial charge in [-0.25, -0.2) is 4.79 Å². The summed E-state index contributed by atoms with van der Waals surface area (Å²) in [5.41, 5.74) is 6.46. The topological polar surface area (TPSA) is 93.5 Å². The van der Waals surface area contributed by atoms with Gasteiger partial charge in [0.25, 0.3) is 5.91 Å².